The number of hydrogen-bond donors (Lipinski definition) is 6. The quantitative estimate of drug-likeness (QED) is 0.0259. The molecule has 0 amide bonds. The first-order valence-corrected chi connectivity index (χ1v) is 26.4. The highest BCUT2D eigenvalue weighted by Crippen LogP contribution is 2.42. The van der Waals surface area contributed by atoms with Gasteiger partial charge in [0, 0.05) is 50.6 Å². The predicted octanol–water partition coefficient (Wildman–Crippen LogP) is 8.40. The second-order valence-electron chi connectivity index (χ2n) is 14.9. The molecule has 0 radical (unpaired) electrons. The van der Waals surface area contributed by atoms with Gasteiger partial charge in [-0.3, -0.25) is 9.11 Å². The molecule has 0 aliphatic rings. The van der Waals surface area contributed by atoms with Crippen molar-refractivity contribution in [2.75, 3.05) is 92.0 Å². The number of methoxy groups -OCH3 is 2. The van der Waals surface area contributed by atoms with E-state index < -0.39 is 30.0 Å². The van der Waals surface area contributed by atoms with E-state index in [0.717, 1.165) is 34.0 Å². The Morgan fingerprint density at radius 3 is 1.32 bits per heavy atom. The van der Waals surface area contributed by atoms with Crippen molar-refractivity contribution < 1.29 is 45.6 Å². The zero-order chi connectivity index (χ0) is 51.0. The summed E-state index contributed by atoms with van der Waals surface area (Å²) in [6.45, 7) is 10.3. The van der Waals surface area contributed by atoms with Crippen LogP contribution in [0.2, 0.25) is 0 Å². The Morgan fingerprint density at radius 2 is 0.972 bits per heavy atom. The summed E-state index contributed by atoms with van der Waals surface area (Å²) in [6.07, 6.45) is 0. The van der Waals surface area contributed by atoms with E-state index in [1.54, 1.807) is 29.2 Å². The lowest BCUT2D eigenvalue weighted by Gasteiger charge is -2.24. The topological polar surface area (TPSA) is 315 Å². The minimum absolute atomic E-state index is 0.0130. The molecular formula is C43H50N14O10S4. The van der Waals surface area contributed by atoms with Gasteiger partial charge in [-0.05, 0) is 88.4 Å². The zero-order valence-electron chi connectivity index (χ0n) is 39.2. The highest BCUT2D eigenvalue weighted by molar-refractivity contribution is 7.86. The van der Waals surface area contributed by atoms with Crippen LogP contribution in [0, 0.1) is 0 Å². The summed E-state index contributed by atoms with van der Waals surface area (Å²) in [5.74, 6) is -0.0122. The van der Waals surface area contributed by atoms with Gasteiger partial charge < -0.3 is 45.0 Å². The van der Waals surface area contributed by atoms with Gasteiger partial charge in [0.05, 0.1) is 59.2 Å². The normalized spacial score (nSPS) is 12.1. The van der Waals surface area contributed by atoms with E-state index in [9.17, 15) is 36.2 Å². The van der Waals surface area contributed by atoms with Crippen LogP contribution in [0.3, 0.4) is 0 Å². The van der Waals surface area contributed by atoms with Gasteiger partial charge in [0.15, 0.2) is 9.79 Å². The first kappa shape index (κ1) is 52.0. The van der Waals surface area contributed by atoms with Crippen LogP contribution in [-0.2, 0) is 20.2 Å². The van der Waals surface area contributed by atoms with E-state index in [0.29, 0.717) is 48.9 Å². The lowest BCUT2D eigenvalue weighted by Crippen LogP contribution is -2.31. The molecule has 4 aromatic carbocycles. The minimum Gasteiger partial charge on any atom is -0.495 e. The van der Waals surface area contributed by atoms with E-state index in [4.69, 9.17) is 24.4 Å². The van der Waals surface area contributed by atoms with Crippen molar-refractivity contribution in [3.63, 3.8) is 0 Å². The standard InChI is InChI=1S/C43H50N14O10S4/c1-7-55(8-2)25-11-13-27(51-53-42-46-29-15-17-33(66-5)37(35(29)68-42)70(60,61)62)31(23-25)44-39-48-40(50-41(49-39)57(19-21-58)20-22-59)45-32-24-26(56(9-3)10-4)12-14-28(32)52-54-43-47-30-16-18-34(67-6)38(36(30)69-43)71(63,64)65/h11-18,23-24,58-59H,7-10,19-22H2,1-6H3,(H,60,61,62)(H,63,64,65)(H2,44,45,48,49,50). The molecule has 0 atom stereocenters. The lowest BCUT2D eigenvalue weighted by atomic mass is 10.2. The van der Waals surface area contributed by atoms with Crippen LogP contribution >= 0.6 is 22.7 Å². The van der Waals surface area contributed by atoms with Gasteiger partial charge >= 0.3 is 0 Å². The molecule has 7 rings (SSSR count). The van der Waals surface area contributed by atoms with Gasteiger partial charge in [-0.2, -0.15) is 31.8 Å². The molecule has 0 spiro atoms. The number of benzene rings is 4. The van der Waals surface area contributed by atoms with Crippen LogP contribution in [0.15, 0.2) is 90.9 Å². The maximum Gasteiger partial charge on any atom is 0.299 e. The van der Waals surface area contributed by atoms with Gasteiger partial charge in [-0.15, -0.1) is 20.5 Å². The Hall–Kier alpha value is -6.79. The third kappa shape index (κ3) is 11.9. The number of nitrogens with zero attached hydrogens (tertiary/aromatic N) is 12. The average molecular weight is 1050 g/mol. The van der Waals surface area contributed by atoms with E-state index in [-0.39, 0.29) is 86.3 Å². The molecule has 376 valence electrons. The molecule has 6 N–H and O–H groups in total. The Labute approximate surface area is 416 Å². The van der Waals surface area contributed by atoms with Crippen LogP contribution in [-0.4, -0.2) is 128 Å². The fraction of sp³-hybridized carbons (Fsp3) is 0.326. The molecule has 28 heteroatoms. The number of rotatable bonds is 23. The minimum atomic E-state index is -4.70. The number of aromatic nitrogens is 5. The fourth-order valence-corrected chi connectivity index (χ4v) is 11.4. The van der Waals surface area contributed by atoms with Crippen molar-refractivity contribution in [3.8, 4) is 11.5 Å². The number of ether oxygens (including phenoxy) is 2. The summed E-state index contributed by atoms with van der Waals surface area (Å²) in [5.41, 5.74) is 3.53. The molecule has 0 aliphatic heterocycles. The van der Waals surface area contributed by atoms with Gasteiger partial charge in [0.2, 0.25) is 28.1 Å². The molecule has 71 heavy (non-hydrogen) atoms. The zero-order valence-corrected chi connectivity index (χ0v) is 42.4. The Bertz CT molecular complexity index is 3120. The molecule has 0 unspecified atom stereocenters. The van der Waals surface area contributed by atoms with E-state index in [2.05, 4.69) is 50.9 Å². The summed E-state index contributed by atoms with van der Waals surface area (Å²) < 4.78 is 80.3. The number of nitrogens with one attached hydrogen (secondary N) is 2. The maximum atomic E-state index is 12.4. The molecule has 3 aromatic heterocycles. The van der Waals surface area contributed by atoms with Crippen LogP contribution in [0.25, 0.3) is 20.4 Å². The highest BCUT2D eigenvalue weighted by atomic mass is 32.2. The third-order valence-electron chi connectivity index (χ3n) is 10.7. The second-order valence-corrected chi connectivity index (χ2v) is 19.6. The summed E-state index contributed by atoms with van der Waals surface area (Å²) >= 11 is 1.78. The number of hydrogen-bond acceptors (Lipinski definition) is 24. The van der Waals surface area contributed by atoms with Gasteiger partial charge in [-0.1, -0.05) is 22.7 Å². The van der Waals surface area contributed by atoms with E-state index in [1.165, 1.54) is 26.4 Å². The number of anilines is 7. The van der Waals surface area contributed by atoms with Crippen LogP contribution in [0.4, 0.5) is 62.2 Å². The third-order valence-corrected chi connectivity index (χ3v) is 14.8. The maximum absolute atomic E-state index is 12.4. The Kier molecular flexibility index (Phi) is 16.5. The van der Waals surface area contributed by atoms with Crippen LogP contribution in [0.1, 0.15) is 27.7 Å². The lowest BCUT2D eigenvalue weighted by molar-refractivity contribution is 0.280. The molecule has 3 heterocycles. The largest absolute Gasteiger partial charge is 0.495 e. The average Bonchev–Trinajstić information content (AvgIpc) is 3.96. The van der Waals surface area contributed by atoms with E-state index >= 15 is 0 Å². The van der Waals surface area contributed by atoms with Gasteiger partial charge in [0.25, 0.3) is 20.2 Å². The van der Waals surface area contributed by atoms with Gasteiger partial charge in [-0.25, -0.2) is 9.97 Å². The van der Waals surface area contributed by atoms with Crippen molar-refractivity contribution in [1.29, 1.82) is 0 Å². The summed E-state index contributed by atoms with van der Waals surface area (Å²) in [7, 11) is -6.83. The Morgan fingerprint density at radius 1 is 0.563 bits per heavy atom. The molecular weight excluding hydrogens is 1000 g/mol. The number of thiazole rings is 2. The van der Waals surface area contributed by atoms with Gasteiger partial charge in [0.1, 0.15) is 22.9 Å². The molecule has 0 saturated heterocycles. The second kappa shape index (κ2) is 22.5. The number of aliphatic hydroxyl groups is 2. The summed E-state index contributed by atoms with van der Waals surface area (Å²) in [5, 5.41) is 44.5. The molecule has 0 saturated carbocycles. The van der Waals surface area contributed by atoms with Crippen molar-refractivity contribution in [1.82, 2.24) is 24.9 Å². The van der Waals surface area contributed by atoms with Crippen molar-refractivity contribution in [2.45, 2.75) is 37.5 Å². The number of aliphatic hydroxyl groups excluding tert-OH is 2. The molecule has 0 aliphatic carbocycles. The molecule has 0 fully saturated rings. The van der Waals surface area contributed by atoms with Crippen molar-refractivity contribution in [3.05, 3.63) is 60.7 Å². The monoisotopic (exact) mass is 1050 g/mol. The smallest absolute Gasteiger partial charge is 0.299 e. The highest BCUT2D eigenvalue weighted by Gasteiger charge is 2.25. The SMILES string of the molecule is CCN(CC)c1ccc(N=Nc2nc3ccc(OC)c(S(=O)(=O)O)c3s2)c(Nc2nc(Nc3cc(N(CC)CC)ccc3N=Nc3nc4ccc(OC)c(S(=O)(=O)O)c4s3)nc(N(CCO)CCO)n2)c1. The molecule has 7 aromatic rings. The predicted molar refractivity (Wildman–Crippen MR) is 273 cm³/mol. The van der Waals surface area contributed by atoms with Crippen molar-refractivity contribution >= 4 is 126 Å². The summed E-state index contributed by atoms with van der Waals surface area (Å²) in [4.78, 5) is 27.9. The first-order chi connectivity index (χ1) is 34.0. The summed E-state index contributed by atoms with van der Waals surface area (Å²) in [6, 6.07) is 16.7. The molecule has 24 nitrogen and oxygen atoms in total. The molecule has 0 bridgehead atoms. The number of fused-ring (bicyclic) bond motifs is 2. The fourth-order valence-electron chi connectivity index (χ4n) is 7.37. The van der Waals surface area contributed by atoms with E-state index in [1.807, 2.05) is 52.0 Å². The first-order valence-electron chi connectivity index (χ1n) is 21.8. The van der Waals surface area contributed by atoms with Crippen molar-refractivity contribution in [2.24, 2.45) is 20.5 Å². The Balaban J connectivity index is 1.32. The van der Waals surface area contributed by atoms with Crippen LogP contribution in [0.5, 0.6) is 11.5 Å². The van der Waals surface area contributed by atoms with Crippen LogP contribution < -0.4 is 34.8 Å². The number of azo groups is 2.